The quantitative estimate of drug-likeness (QED) is 0.0603. The van der Waals surface area contributed by atoms with E-state index in [2.05, 4.69) is 10.6 Å². The summed E-state index contributed by atoms with van der Waals surface area (Å²) in [6, 6.07) is 3.45. The van der Waals surface area contributed by atoms with Gasteiger partial charge in [0.2, 0.25) is 24.1 Å². The second-order valence-corrected chi connectivity index (χ2v) is 10.4. The van der Waals surface area contributed by atoms with E-state index in [1.54, 1.807) is 51.1 Å². The second kappa shape index (κ2) is 18.1. The van der Waals surface area contributed by atoms with Crippen molar-refractivity contribution in [2.45, 2.75) is 77.0 Å². The Labute approximate surface area is 250 Å². The Bertz CT molecular complexity index is 1130. The summed E-state index contributed by atoms with van der Waals surface area (Å²) in [5.41, 5.74) is 12.1. The van der Waals surface area contributed by atoms with Gasteiger partial charge in [-0.25, -0.2) is 4.79 Å². The molecule has 0 aliphatic heterocycles. The highest BCUT2D eigenvalue weighted by atomic mass is 16.4. The zero-order valence-electron chi connectivity index (χ0n) is 24.7. The number of carbonyl (C=O) groups excluding carboxylic acids is 4. The van der Waals surface area contributed by atoms with Gasteiger partial charge in [-0.3, -0.25) is 34.3 Å². The molecule has 1 aromatic carbocycles. The summed E-state index contributed by atoms with van der Waals surface area (Å²) < 4.78 is 0. The molecular formula is C28H43N7O8. The van der Waals surface area contributed by atoms with Crippen LogP contribution in [0.1, 0.15) is 52.0 Å². The van der Waals surface area contributed by atoms with Crippen molar-refractivity contribution in [1.29, 1.82) is 5.41 Å². The van der Waals surface area contributed by atoms with Crippen molar-refractivity contribution >= 4 is 42.0 Å². The first-order valence-corrected chi connectivity index (χ1v) is 13.9. The van der Waals surface area contributed by atoms with Gasteiger partial charge in [0.15, 0.2) is 5.96 Å². The average molecular weight is 606 g/mol. The van der Waals surface area contributed by atoms with E-state index in [0.717, 1.165) is 9.80 Å². The first-order chi connectivity index (χ1) is 20.2. The standard InChI is InChI=1S/C28H43N7O8/c1-4-12-35(26(41)19(29)11-8-13-34(16-36)28(30)31)21(15-22(37)38)24(39)33-23(17(2)3)25(40)32-20(27(42)43)14-18-9-6-5-7-10-18/h5-7,9-10,16-17,19-21,23H,4,8,11-15,29H2,1-3H3,(H3,30,31)(H,32,40)(H,33,39)(H,37,38)(H,42,43)/t19-,20-,21-,23-/m0/s1. The number of amides is 4. The van der Waals surface area contributed by atoms with Gasteiger partial charge < -0.3 is 37.2 Å². The molecule has 4 atom stereocenters. The van der Waals surface area contributed by atoms with Gasteiger partial charge in [0.1, 0.15) is 18.1 Å². The van der Waals surface area contributed by atoms with Crippen LogP contribution in [0.3, 0.4) is 0 Å². The lowest BCUT2D eigenvalue weighted by molar-refractivity contribution is -0.148. The maximum atomic E-state index is 13.5. The Morgan fingerprint density at radius 3 is 2.14 bits per heavy atom. The summed E-state index contributed by atoms with van der Waals surface area (Å²) in [5.74, 6) is -6.05. The number of carboxylic acids is 2. The number of nitrogens with one attached hydrogen (secondary N) is 3. The molecule has 43 heavy (non-hydrogen) atoms. The number of hydrogen-bond acceptors (Lipinski definition) is 8. The molecule has 0 aliphatic rings. The van der Waals surface area contributed by atoms with Crippen LogP contribution in [0.4, 0.5) is 0 Å². The van der Waals surface area contributed by atoms with Gasteiger partial charge in [0.05, 0.1) is 12.5 Å². The summed E-state index contributed by atoms with van der Waals surface area (Å²) in [6.45, 7) is 4.98. The minimum atomic E-state index is -1.52. The Morgan fingerprint density at radius 2 is 1.65 bits per heavy atom. The number of benzene rings is 1. The number of carbonyl (C=O) groups is 6. The van der Waals surface area contributed by atoms with Gasteiger partial charge >= 0.3 is 11.9 Å². The van der Waals surface area contributed by atoms with Crippen LogP contribution in [-0.2, 0) is 35.2 Å². The molecular weight excluding hydrogens is 562 g/mol. The lowest BCUT2D eigenvalue weighted by atomic mass is 10.00. The van der Waals surface area contributed by atoms with Crippen LogP contribution in [0.2, 0.25) is 0 Å². The van der Waals surface area contributed by atoms with Crippen molar-refractivity contribution in [3.05, 3.63) is 35.9 Å². The third-order valence-electron chi connectivity index (χ3n) is 6.61. The number of guanidine groups is 1. The van der Waals surface area contributed by atoms with E-state index in [4.69, 9.17) is 16.9 Å². The summed E-state index contributed by atoms with van der Waals surface area (Å²) in [7, 11) is 0. The van der Waals surface area contributed by atoms with E-state index < -0.39 is 72.1 Å². The maximum Gasteiger partial charge on any atom is 0.326 e. The lowest BCUT2D eigenvalue weighted by Crippen LogP contribution is -2.60. The number of carboxylic acid groups (broad SMARTS) is 2. The molecule has 0 bridgehead atoms. The van der Waals surface area contributed by atoms with Crippen LogP contribution in [0.5, 0.6) is 0 Å². The van der Waals surface area contributed by atoms with Crippen LogP contribution in [0.15, 0.2) is 30.3 Å². The summed E-state index contributed by atoms with van der Waals surface area (Å²) in [4.78, 5) is 76.6. The number of nitrogens with two attached hydrogens (primary N) is 2. The maximum absolute atomic E-state index is 13.5. The molecule has 15 heteroatoms. The zero-order chi connectivity index (χ0) is 32.7. The van der Waals surface area contributed by atoms with Crippen molar-refractivity contribution in [2.24, 2.45) is 17.4 Å². The smallest absolute Gasteiger partial charge is 0.326 e. The van der Waals surface area contributed by atoms with E-state index in [1.807, 2.05) is 0 Å². The molecule has 4 amide bonds. The molecule has 0 aromatic heterocycles. The van der Waals surface area contributed by atoms with Crippen LogP contribution < -0.4 is 22.1 Å². The van der Waals surface area contributed by atoms with Gasteiger partial charge in [-0.1, -0.05) is 51.1 Å². The molecule has 0 spiro atoms. The number of aliphatic carboxylic acids is 2. The molecule has 1 aromatic rings. The fourth-order valence-electron chi connectivity index (χ4n) is 4.31. The molecule has 15 nitrogen and oxygen atoms in total. The summed E-state index contributed by atoms with van der Waals surface area (Å²) >= 11 is 0. The number of nitrogens with zero attached hydrogens (tertiary/aromatic N) is 2. The predicted molar refractivity (Wildman–Crippen MR) is 156 cm³/mol. The zero-order valence-corrected chi connectivity index (χ0v) is 24.7. The predicted octanol–water partition coefficient (Wildman–Crippen LogP) is -0.519. The molecule has 0 fully saturated rings. The Hall–Kier alpha value is -4.53. The van der Waals surface area contributed by atoms with E-state index in [-0.39, 0.29) is 32.4 Å². The Kier molecular flexibility index (Phi) is 15.4. The topological polar surface area (TPSA) is 249 Å². The van der Waals surface area contributed by atoms with Crippen LogP contribution in [0.25, 0.3) is 0 Å². The summed E-state index contributed by atoms with van der Waals surface area (Å²) in [5, 5.41) is 31.6. The molecule has 0 radical (unpaired) electrons. The third kappa shape index (κ3) is 12.1. The Morgan fingerprint density at radius 1 is 1.02 bits per heavy atom. The van der Waals surface area contributed by atoms with E-state index in [1.165, 1.54) is 0 Å². The minimum Gasteiger partial charge on any atom is -0.481 e. The van der Waals surface area contributed by atoms with Crippen molar-refractivity contribution in [2.75, 3.05) is 13.1 Å². The first-order valence-electron chi connectivity index (χ1n) is 13.9. The van der Waals surface area contributed by atoms with Crippen LogP contribution in [0, 0.1) is 11.3 Å². The average Bonchev–Trinajstić information content (AvgIpc) is 2.94. The van der Waals surface area contributed by atoms with Crippen molar-refractivity contribution in [3.63, 3.8) is 0 Å². The van der Waals surface area contributed by atoms with E-state index in [0.29, 0.717) is 18.4 Å². The van der Waals surface area contributed by atoms with E-state index in [9.17, 15) is 39.0 Å². The molecule has 1 rings (SSSR count). The van der Waals surface area contributed by atoms with Gasteiger partial charge in [-0.05, 0) is 30.7 Å². The number of rotatable bonds is 19. The molecule has 238 valence electrons. The van der Waals surface area contributed by atoms with Gasteiger partial charge in [-0.2, -0.15) is 0 Å². The minimum absolute atomic E-state index is 0.00396. The second-order valence-electron chi connectivity index (χ2n) is 10.4. The van der Waals surface area contributed by atoms with E-state index >= 15 is 0 Å². The van der Waals surface area contributed by atoms with Crippen molar-refractivity contribution in [3.8, 4) is 0 Å². The normalized spacial score (nSPS) is 13.6. The molecule has 0 aliphatic carbocycles. The van der Waals surface area contributed by atoms with Gasteiger partial charge in [0.25, 0.3) is 0 Å². The van der Waals surface area contributed by atoms with Crippen molar-refractivity contribution < 1.29 is 39.0 Å². The Balaban J connectivity index is 3.13. The van der Waals surface area contributed by atoms with Gasteiger partial charge in [-0.15, -0.1) is 0 Å². The molecule has 0 heterocycles. The van der Waals surface area contributed by atoms with Crippen LogP contribution in [-0.4, -0.2) is 99.3 Å². The lowest BCUT2D eigenvalue weighted by Gasteiger charge is -2.33. The molecule has 0 saturated carbocycles. The SMILES string of the molecule is CCCN(C(=O)[C@@H](N)CCCN(C=O)C(=N)N)[C@@H](CC(=O)O)C(=O)N[C@H](C(=O)N[C@@H](Cc1ccccc1)C(=O)O)C(C)C. The third-order valence-corrected chi connectivity index (χ3v) is 6.61. The van der Waals surface area contributed by atoms with Crippen molar-refractivity contribution in [1.82, 2.24) is 20.4 Å². The molecule has 0 unspecified atom stereocenters. The number of hydrogen-bond donors (Lipinski definition) is 7. The fraction of sp³-hybridized carbons (Fsp3) is 0.536. The molecule has 0 saturated heterocycles. The highest BCUT2D eigenvalue weighted by Gasteiger charge is 2.37. The fourth-order valence-corrected chi connectivity index (χ4v) is 4.31. The monoisotopic (exact) mass is 605 g/mol. The van der Waals surface area contributed by atoms with Crippen LogP contribution >= 0.6 is 0 Å². The molecule has 9 N–H and O–H groups in total. The highest BCUT2D eigenvalue weighted by molar-refractivity contribution is 5.95. The van der Waals surface area contributed by atoms with Gasteiger partial charge in [0, 0.05) is 19.5 Å². The largest absolute Gasteiger partial charge is 0.481 e. The highest BCUT2D eigenvalue weighted by Crippen LogP contribution is 2.14. The summed E-state index contributed by atoms with van der Waals surface area (Å²) in [6.07, 6.45) is 0.200. The first kappa shape index (κ1) is 36.5.